The molecule has 0 radical (unpaired) electrons. The van der Waals surface area contributed by atoms with E-state index >= 15 is 0 Å². The number of carboxylic acid groups (broad SMARTS) is 1. The van der Waals surface area contributed by atoms with Gasteiger partial charge < -0.3 is 15.2 Å². The molecule has 6 nitrogen and oxygen atoms in total. The number of carbonyl (C=O) groups is 2. The van der Waals surface area contributed by atoms with Crippen molar-refractivity contribution in [2.45, 2.75) is 13.0 Å². The van der Waals surface area contributed by atoms with Crippen LogP contribution in [0.2, 0.25) is 0 Å². The SMILES string of the molecule is COc1ccc(-c2nc(C)c(C(=O)N[C@H](C(=O)O)c3ccccc3)s2)cc1. The van der Waals surface area contributed by atoms with Gasteiger partial charge in [0.1, 0.15) is 15.6 Å². The summed E-state index contributed by atoms with van der Waals surface area (Å²) in [5.74, 6) is -0.842. The van der Waals surface area contributed by atoms with Crippen molar-refractivity contribution in [2.75, 3.05) is 7.11 Å². The molecule has 1 amide bonds. The van der Waals surface area contributed by atoms with Crippen LogP contribution >= 0.6 is 11.3 Å². The second-order valence-electron chi connectivity index (χ2n) is 5.82. The summed E-state index contributed by atoms with van der Waals surface area (Å²) in [6.45, 7) is 1.73. The van der Waals surface area contributed by atoms with Crippen molar-refractivity contribution < 1.29 is 19.4 Å². The van der Waals surface area contributed by atoms with Gasteiger partial charge >= 0.3 is 5.97 Å². The Bertz CT molecular complexity index is 952. The van der Waals surface area contributed by atoms with Crippen molar-refractivity contribution in [3.8, 4) is 16.3 Å². The first-order chi connectivity index (χ1) is 13.0. The van der Waals surface area contributed by atoms with Crippen molar-refractivity contribution in [1.29, 1.82) is 0 Å². The lowest BCUT2D eigenvalue weighted by atomic mass is 10.1. The molecule has 1 heterocycles. The summed E-state index contributed by atoms with van der Waals surface area (Å²) < 4.78 is 5.14. The summed E-state index contributed by atoms with van der Waals surface area (Å²) in [5.41, 5.74) is 1.93. The van der Waals surface area contributed by atoms with Crippen molar-refractivity contribution in [3.63, 3.8) is 0 Å². The lowest BCUT2D eigenvalue weighted by molar-refractivity contribution is -0.139. The van der Waals surface area contributed by atoms with E-state index in [-0.39, 0.29) is 0 Å². The Kier molecular flexibility index (Phi) is 5.52. The van der Waals surface area contributed by atoms with E-state index < -0.39 is 17.9 Å². The number of nitrogens with one attached hydrogen (secondary N) is 1. The van der Waals surface area contributed by atoms with E-state index in [0.717, 1.165) is 11.3 Å². The molecular weight excluding hydrogens is 364 g/mol. The van der Waals surface area contributed by atoms with E-state index in [1.165, 1.54) is 11.3 Å². The first-order valence-corrected chi connectivity index (χ1v) is 9.01. The van der Waals surface area contributed by atoms with Gasteiger partial charge in [0, 0.05) is 5.56 Å². The van der Waals surface area contributed by atoms with Crippen molar-refractivity contribution >= 4 is 23.2 Å². The third kappa shape index (κ3) is 4.15. The molecule has 0 aliphatic carbocycles. The van der Waals surface area contributed by atoms with Crippen LogP contribution in [0.1, 0.15) is 27.0 Å². The number of amides is 1. The third-order valence-electron chi connectivity index (χ3n) is 4.00. The number of methoxy groups -OCH3 is 1. The first-order valence-electron chi connectivity index (χ1n) is 8.20. The van der Waals surface area contributed by atoms with Gasteiger partial charge in [0.15, 0.2) is 6.04 Å². The van der Waals surface area contributed by atoms with Crippen LogP contribution in [0.3, 0.4) is 0 Å². The van der Waals surface area contributed by atoms with Gasteiger partial charge in [-0.15, -0.1) is 11.3 Å². The molecule has 0 unspecified atom stereocenters. The van der Waals surface area contributed by atoms with E-state index in [9.17, 15) is 14.7 Å². The monoisotopic (exact) mass is 382 g/mol. The Morgan fingerprint density at radius 2 is 1.78 bits per heavy atom. The largest absolute Gasteiger partial charge is 0.497 e. The maximum atomic E-state index is 12.7. The average Bonchev–Trinajstić information content (AvgIpc) is 3.08. The van der Waals surface area contributed by atoms with Crippen LogP contribution in [0.4, 0.5) is 0 Å². The normalized spacial score (nSPS) is 11.6. The molecule has 2 N–H and O–H groups in total. The molecule has 0 spiro atoms. The number of ether oxygens (including phenoxy) is 1. The number of rotatable bonds is 6. The quantitative estimate of drug-likeness (QED) is 0.679. The van der Waals surface area contributed by atoms with Crippen LogP contribution in [0, 0.1) is 6.92 Å². The molecule has 3 rings (SSSR count). The number of aliphatic carboxylic acids is 1. The van der Waals surface area contributed by atoms with E-state index in [2.05, 4.69) is 10.3 Å². The van der Waals surface area contributed by atoms with Gasteiger partial charge in [0.2, 0.25) is 0 Å². The maximum Gasteiger partial charge on any atom is 0.330 e. The molecule has 2 aromatic carbocycles. The highest BCUT2D eigenvalue weighted by Crippen LogP contribution is 2.29. The van der Waals surface area contributed by atoms with Crippen LogP contribution in [0.25, 0.3) is 10.6 Å². The maximum absolute atomic E-state index is 12.7. The van der Waals surface area contributed by atoms with Crippen molar-refractivity contribution in [1.82, 2.24) is 10.3 Å². The van der Waals surface area contributed by atoms with Crippen LogP contribution in [0.15, 0.2) is 54.6 Å². The molecule has 0 saturated carbocycles. The van der Waals surface area contributed by atoms with Gasteiger partial charge in [-0.2, -0.15) is 0 Å². The minimum Gasteiger partial charge on any atom is -0.497 e. The zero-order valence-electron chi connectivity index (χ0n) is 14.8. The molecule has 3 aromatic rings. The van der Waals surface area contributed by atoms with Gasteiger partial charge in [-0.1, -0.05) is 30.3 Å². The second-order valence-corrected chi connectivity index (χ2v) is 6.82. The number of hydrogen-bond acceptors (Lipinski definition) is 5. The number of carboxylic acids is 1. The molecule has 7 heteroatoms. The molecule has 0 bridgehead atoms. The van der Waals surface area contributed by atoms with Gasteiger partial charge in [-0.05, 0) is 36.8 Å². The molecule has 0 fully saturated rings. The zero-order valence-corrected chi connectivity index (χ0v) is 15.6. The van der Waals surface area contributed by atoms with Crippen molar-refractivity contribution in [3.05, 3.63) is 70.7 Å². The van der Waals surface area contributed by atoms with E-state index in [4.69, 9.17) is 4.74 Å². The fourth-order valence-electron chi connectivity index (χ4n) is 2.59. The Balaban J connectivity index is 1.84. The summed E-state index contributed by atoms with van der Waals surface area (Å²) in [6.07, 6.45) is 0. The van der Waals surface area contributed by atoms with E-state index in [1.807, 2.05) is 24.3 Å². The molecule has 1 aromatic heterocycles. The number of thiazole rings is 1. The number of aromatic nitrogens is 1. The number of nitrogens with zero attached hydrogens (tertiary/aromatic N) is 1. The van der Waals surface area contributed by atoms with Crippen LogP contribution < -0.4 is 10.1 Å². The smallest absolute Gasteiger partial charge is 0.330 e. The van der Waals surface area contributed by atoms with Crippen LogP contribution in [-0.2, 0) is 4.79 Å². The Morgan fingerprint density at radius 3 is 2.37 bits per heavy atom. The molecule has 27 heavy (non-hydrogen) atoms. The van der Waals surface area contributed by atoms with E-state index in [0.29, 0.717) is 21.1 Å². The minimum atomic E-state index is -1.12. The Hall–Kier alpha value is -3.19. The summed E-state index contributed by atoms with van der Waals surface area (Å²) in [7, 11) is 1.59. The first kappa shape index (κ1) is 18.6. The second kappa shape index (κ2) is 8.01. The van der Waals surface area contributed by atoms with E-state index in [1.54, 1.807) is 44.4 Å². The molecule has 0 aliphatic heterocycles. The summed E-state index contributed by atoms with van der Waals surface area (Å²) in [6, 6.07) is 14.8. The minimum absolute atomic E-state index is 0.392. The number of hydrogen-bond donors (Lipinski definition) is 2. The van der Waals surface area contributed by atoms with Gasteiger partial charge in [0.05, 0.1) is 12.8 Å². The van der Waals surface area contributed by atoms with Crippen LogP contribution in [0.5, 0.6) is 5.75 Å². The highest BCUT2D eigenvalue weighted by molar-refractivity contribution is 7.17. The predicted molar refractivity (Wildman–Crippen MR) is 103 cm³/mol. The van der Waals surface area contributed by atoms with Gasteiger partial charge in [0.25, 0.3) is 5.91 Å². The van der Waals surface area contributed by atoms with Gasteiger partial charge in [-0.3, -0.25) is 4.79 Å². The molecule has 0 aliphatic rings. The number of aryl methyl sites for hydroxylation is 1. The topological polar surface area (TPSA) is 88.5 Å². The fourth-order valence-corrected chi connectivity index (χ4v) is 3.57. The van der Waals surface area contributed by atoms with Crippen LogP contribution in [-0.4, -0.2) is 29.1 Å². The summed E-state index contributed by atoms with van der Waals surface area (Å²) >= 11 is 1.23. The highest BCUT2D eigenvalue weighted by atomic mass is 32.1. The van der Waals surface area contributed by atoms with Crippen molar-refractivity contribution in [2.24, 2.45) is 0 Å². The summed E-state index contributed by atoms with van der Waals surface area (Å²) in [4.78, 5) is 29.1. The molecule has 0 saturated heterocycles. The molecule has 138 valence electrons. The standard InChI is InChI=1S/C20H18N2O4S/c1-12-17(27-19(21-12)14-8-10-15(26-2)11-9-14)18(23)22-16(20(24)25)13-6-4-3-5-7-13/h3-11,16H,1-2H3,(H,22,23)(H,24,25)/t16-/m0/s1. The van der Waals surface area contributed by atoms with Gasteiger partial charge in [-0.25, -0.2) is 9.78 Å². The zero-order chi connectivity index (χ0) is 19.4. The lowest BCUT2D eigenvalue weighted by Crippen LogP contribution is -2.33. The fraction of sp³-hybridized carbons (Fsp3) is 0.150. The number of benzene rings is 2. The predicted octanol–water partition coefficient (Wildman–Crippen LogP) is 3.68. The average molecular weight is 382 g/mol. The highest BCUT2D eigenvalue weighted by Gasteiger charge is 2.25. The molecule has 1 atom stereocenters. The third-order valence-corrected chi connectivity index (χ3v) is 5.20. The molecular formula is C20H18N2O4S. The summed E-state index contributed by atoms with van der Waals surface area (Å²) in [5, 5.41) is 12.8. The Morgan fingerprint density at radius 1 is 1.11 bits per heavy atom. The lowest BCUT2D eigenvalue weighted by Gasteiger charge is -2.14. The number of carbonyl (C=O) groups excluding carboxylic acids is 1. The Labute approximate surface area is 160 Å².